The average Bonchev–Trinajstić information content (AvgIpc) is 1.52. The van der Waals surface area contributed by atoms with E-state index >= 15 is 0 Å². The molecule has 0 radical (unpaired) electrons. The predicted molar refractivity (Wildman–Crippen MR) is 414 cm³/mol. The van der Waals surface area contributed by atoms with Crippen molar-refractivity contribution in [1.82, 2.24) is 18.9 Å². The van der Waals surface area contributed by atoms with Crippen LogP contribution in [0.4, 0.5) is 0 Å². The number of benzene rings is 8. The Balaban J connectivity index is 1.32. The molecule has 0 aliphatic rings. The number of fused-ring (bicyclic) bond motifs is 3. The van der Waals surface area contributed by atoms with Crippen LogP contribution in [0.5, 0.6) is 34.5 Å². The van der Waals surface area contributed by atoms with Crippen LogP contribution < -0.4 is 61.0 Å². The number of thiazole rings is 2. The molecule has 4 aromatic heterocycles. The van der Waals surface area contributed by atoms with Crippen molar-refractivity contribution in [2.45, 2.75) is 92.9 Å². The van der Waals surface area contributed by atoms with Crippen molar-refractivity contribution >= 4 is 101 Å². The van der Waals surface area contributed by atoms with Crippen molar-refractivity contribution in [1.29, 1.82) is 10.5 Å². The summed E-state index contributed by atoms with van der Waals surface area (Å²) in [5, 5.41) is 29.1. The lowest BCUT2D eigenvalue weighted by Crippen LogP contribution is -2.54. The van der Waals surface area contributed by atoms with Gasteiger partial charge in [-0.25, -0.2) is 9.97 Å². The molecule has 0 aliphatic carbocycles. The largest absolute Gasteiger partial charge is 0.494 e. The summed E-state index contributed by atoms with van der Waals surface area (Å²) in [7, 11) is 6.48. The first-order chi connectivity index (χ1) is 48.8. The highest BCUT2D eigenvalue weighted by Crippen LogP contribution is 2.42. The summed E-state index contributed by atoms with van der Waals surface area (Å²) in [5.41, 5.74) is 8.78. The number of nitrogens with zero attached hydrogens (tertiary/aromatic N) is 6. The molecule has 8 aromatic carbocycles. The van der Waals surface area contributed by atoms with Crippen molar-refractivity contribution in [3.63, 3.8) is 0 Å². The van der Waals surface area contributed by atoms with Gasteiger partial charge in [-0.05, 0) is 60.8 Å². The fourth-order valence-corrected chi connectivity index (χ4v) is 15.8. The average molecular weight is 1360 g/mol. The molecule has 2 unspecified atom stereocenters. The summed E-state index contributed by atoms with van der Waals surface area (Å²) in [6, 6.07) is 72.1. The van der Waals surface area contributed by atoms with Gasteiger partial charge in [0.2, 0.25) is 0 Å². The van der Waals surface area contributed by atoms with E-state index in [1.165, 1.54) is 48.4 Å². The Morgan fingerprint density at radius 1 is 0.420 bits per heavy atom. The van der Waals surface area contributed by atoms with Gasteiger partial charge in [-0.2, -0.15) is 10.5 Å². The number of hydrogen-bond acceptors (Lipinski definition) is 12. The zero-order valence-corrected chi connectivity index (χ0v) is 60.6. The van der Waals surface area contributed by atoms with E-state index in [1.54, 1.807) is 28.4 Å². The quantitative estimate of drug-likeness (QED) is 0.0400. The smallest absolute Gasteiger partial charge is 0.328 e. The van der Waals surface area contributed by atoms with Gasteiger partial charge in [-0.3, -0.25) is 0 Å². The van der Waals surface area contributed by atoms with Crippen LogP contribution >= 0.6 is 22.7 Å². The first kappa shape index (κ1) is 69.9. The third-order valence-corrected chi connectivity index (χ3v) is 21.1. The Kier molecular flexibility index (Phi) is 22.6. The highest BCUT2D eigenvalue weighted by atomic mass is 32.1. The number of nitriles is 2. The molecule has 0 bridgehead atoms. The number of methoxy groups -OCH3 is 4. The summed E-state index contributed by atoms with van der Waals surface area (Å²) in [6.45, 7) is 13.6. The molecule has 0 amide bonds. The van der Waals surface area contributed by atoms with Crippen molar-refractivity contribution in [2.75, 3.05) is 41.7 Å². The fraction of sp³-hybridized carbons (Fsp3) is 0.286. The van der Waals surface area contributed by atoms with E-state index in [2.05, 4.69) is 196 Å². The summed E-state index contributed by atoms with van der Waals surface area (Å²) >= 11 is 2.83. The van der Waals surface area contributed by atoms with Crippen LogP contribution in [0.15, 0.2) is 194 Å². The molecule has 4 heterocycles. The van der Waals surface area contributed by atoms with Gasteiger partial charge in [0.1, 0.15) is 44.8 Å². The molecule has 12 nitrogen and oxygen atoms in total. The minimum Gasteiger partial charge on any atom is -0.494 e. The lowest BCUT2D eigenvalue weighted by Gasteiger charge is -2.24. The maximum absolute atomic E-state index is 12.8. The maximum atomic E-state index is 12.8. The highest BCUT2D eigenvalue weighted by Gasteiger charge is 2.38. The highest BCUT2D eigenvalue weighted by molar-refractivity contribution is 7.20. The van der Waals surface area contributed by atoms with Crippen molar-refractivity contribution in [2.24, 2.45) is 23.7 Å². The second-order valence-corrected chi connectivity index (χ2v) is 28.9. The lowest BCUT2D eigenvalue weighted by atomic mass is 9.50. The Labute approximate surface area is 596 Å². The Bertz CT molecular complexity index is 4540. The van der Waals surface area contributed by atoms with Gasteiger partial charge in [-0.1, -0.05) is 248 Å². The first-order valence-corrected chi connectivity index (χ1v) is 36.6. The van der Waals surface area contributed by atoms with Crippen LogP contribution in [0.25, 0.3) is 64.9 Å². The molecule has 0 N–H and O–H groups in total. The van der Waals surface area contributed by atoms with Crippen LogP contribution in [-0.4, -0.2) is 74.3 Å². The van der Waals surface area contributed by atoms with Gasteiger partial charge in [-0.15, -0.1) is 22.7 Å². The fourth-order valence-electron chi connectivity index (χ4n) is 13.9. The first-order valence-electron chi connectivity index (χ1n) is 34.9. The normalized spacial score (nSPS) is 12.7. The standard InChI is InChI=1S/C84H86B2N6O6S2/c1-55(2)27-23-29-57(5)43-45-97-65-41-25-31-59(47-65)79-77-78(82(91(79)85(61-33-15-11-16-34-61)62-35-17-12-18-36-62)68(54-88)84-90-70-50-72(94-8)74(96-10)52-76(70)100-84)80(60-32-26-42-66(48-60)98-46-44-58(6)30-24-28-56(3)4)92(86(63-37-19-13-20-38-63)64-39-21-14-22-40-64)81(77)67(53-87)83-89-69-49-71(93-7)73(95-9)51-75(69)99-83/h11-22,25-26,31-42,47-52,55-58H,23-24,27-30,43-46H2,1-10H3/b81-67-,82-68-. The Morgan fingerprint density at radius 2 is 0.760 bits per heavy atom. The summed E-state index contributed by atoms with van der Waals surface area (Å²) in [4.78, 5) is 10.9. The van der Waals surface area contributed by atoms with E-state index in [0.29, 0.717) is 125 Å². The van der Waals surface area contributed by atoms with Gasteiger partial charge in [0.25, 0.3) is 0 Å². The number of rotatable bonds is 30. The zero-order valence-electron chi connectivity index (χ0n) is 59.0. The molecule has 100 heavy (non-hydrogen) atoms. The third-order valence-electron chi connectivity index (χ3n) is 19.0. The minimum atomic E-state index is -0.618. The van der Waals surface area contributed by atoms with Gasteiger partial charge >= 0.3 is 13.7 Å². The van der Waals surface area contributed by atoms with Crippen LogP contribution in [0, 0.1) is 46.3 Å². The second kappa shape index (κ2) is 32.3. The SMILES string of the molecule is COc1cc2nc(/C(C#N)=c3/c4c(-c5cccc(OCCC(C)CCCC(C)C)c5)n(B(c5ccccc5)c5ccccc5)/c(=C(/C#N)c5nc6cc(OC)c(OC)cc6s5)c4c(-c4cccc(OCCC(C)CCCC(C)C)c4)n3B(c3ccccc3)c3ccccc3)sc2cc1OC. The third kappa shape index (κ3) is 15.1. The molecular weight excluding hydrogens is 1270 g/mol. The summed E-state index contributed by atoms with van der Waals surface area (Å²) in [5.74, 6) is 5.71. The molecule has 16 heteroatoms. The number of aromatic nitrogens is 4. The van der Waals surface area contributed by atoms with Crippen molar-refractivity contribution < 1.29 is 28.4 Å². The predicted octanol–water partition coefficient (Wildman–Crippen LogP) is 16.2. The topological polar surface area (TPSA) is 139 Å². The number of hydrogen-bond donors (Lipinski definition) is 0. The van der Waals surface area contributed by atoms with E-state index in [1.807, 2.05) is 60.7 Å². The Morgan fingerprint density at radius 3 is 1.08 bits per heavy atom. The van der Waals surface area contributed by atoms with E-state index in [-0.39, 0.29) is 0 Å². The molecule has 0 aliphatic heterocycles. The van der Waals surface area contributed by atoms with Crippen molar-refractivity contribution in [3.05, 3.63) is 215 Å². The Hall–Kier alpha value is -9.99. The van der Waals surface area contributed by atoms with Gasteiger partial charge in [0.05, 0.1) is 72.8 Å². The zero-order chi connectivity index (χ0) is 69.8. The maximum Gasteiger partial charge on any atom is 0.328 e. The molecule has 12 rings (SSSR count). The van der Waals surface area contributed by atoms with Gasteiger partial charge < -0.3 is 37.4 Å². The molecule has 0 saturated carbocycles. The molecule has 0 saturated heterocycles. The summed E-state index contributed by atoms with van der Waals surface area (Å²) < 4.78 is 43.8. The molecular formula is C84H86B2N6O6S2. The summed E-state index contributed by atoms with van der Waals surface area (Å²) in [6.07, 6.45) is 8.74. The molecule has 0 spiro atoms. The van der Waals surface area contributed by atoms with Crippen LogP contribution in [0.2, 0.25) is 0 Å². The minimum absolute atomic E-state index is 0.309. The van der Waals surface area contributed by atoms with Crippen LogP contribution in [-0.2, 0) is 0 Å². The van der Waals surface area contributed by atoms with Crippen molar-refractivity contribution in [3.8, 4) is 69.2 Å². The monoisotopic (exact) mass is 1360 g/mol. The number of ether oxygens (including phenoxy) is 6. The van der Waals surface area contributed by atoms with E-state index in [0.717, 1.165) is 79.4 Å². The molecule has 0 fully saturated rings. The molecule has 12 aromatic rings. The molecule has 2 atom stereocenters. The van der Waals surface area contributed by atoms with Gasteiger partial charge in [0, 0.05) is 57.6 Å². The van der Waals surface area contributed by atoms with Crippen LogP contribution in [0.1, 0.15) is 103 Å². The van der Waals surface area contributed by atoms with E-state index in [9.17, 15) is 10.5 Å². The molecule has 506 valence electrons. The lowest BCUT2D eigenvalue weighted by molar-refractivity contribution is 0.275. The van der Waals surface area contributed by atoms with E-state index < -0.39 is 13.7 Å². The van der Waals surface area contributed by atoms with Crippen LogP contribution in [0.3, 0.4) is 0 Å². The van der Waals surface area contributed by atoms with Gasteiger partial charge in [0.15, 0.2) is 23.0 Å². The second-order valence-electron chi connectivity index (χ2n) is 26.9. The van der Waals surface area contributed by atoms with E-state index in [4.69, 9.17) is 38.4 Å².